The lowest BCUT2D eigenvalue weighted by Gasteiger charge is -2.56. The van der Waals surface area contributed by atoms with E-state index < -0.39 is 35.6 Å². The second-order valence-corrected chi connectivity index (χ2v) is 12.0. The van der Waals surface area contributed by atoms with Gasteiger partial charge in [0.05, 0.1) is 12.7 Å². The fourth-order valence-electron chi connectivity index (χ4n) is 8.38. The third-order valence-electron chi connectivity index (χ3n) is 10.2. The zero-order valence-corrected chi connectivity index (χ0v) is 19.0. The third kappa shape index (κ3) is 2.20. The van der Waals surface area contributed by atoms with Gasteiger partial charge in [0.2, 0.25) is 0 Å². The number of aliphatic hydroxyl groups excluding tert-OH is 2. The molecule has 2 aliphatic heterocycles. The molecule has 0 aromatic rings. The minimum Gasteiger partial charge on any atom is -0.387 e. The molecule has 4 fully saturated rings. The highest BCUT2D eigenvalue weighted by Crippen LogP contribution is 2.68. The summed E-state index contributed by atoms with van der Waals surface area (Å²) in [6, 6.07) is 0. The summed E-state index contributed by atoms with van der Waals surface area (Å²) in [5.41, 5.74) is -0.00377. The normalized spacial score (nSPS) is 57.5. The minimum atomic E-state index is -1.92. The molecule has 6 rings (SSSR count). The van der Waals surface area contributed by atoms with Gasteiger partial charge in [0.25, 0.3) is 0 Å². The summed E-state index contributed by atoms with van der Waals surface area (Å²) in [7, 11) is 0. The summed E-state index contributed by atoms with van der Waals surface area (Å²) in [6.45, 7) is 8.97. The highest BCUT2D eigenvalue weighted by atomic mass is 16.7. The summed E-state index contributed by atoms with van der Waals surface area (Å²) in [5, 5.41) is 45.1. The number of hydrogen-bond donors (Lipinski definition) is 4. The Morgan fingerprint density at radius 2 is 1.84 bits per heavy atom. The maximum absolute atomic E-state index is 11.7. The van der Waals surface area contributed by atoms with E-state index in [1.165, 1.54) is 6.42 Å². The Morgan fingerprint density at radius 1 is 1.10 bits per heavy atom. The van der Waals surface area contributed by atoms with Crippen LogP contribution in [0.4, 0.5) is 0 Å². The lowest BCUT2D eigenvalue weighted by Crippen LogP contribution is -2.77. The number of fused-ring (bicyclic) bond motifs is 5. The van der Waals surface area contributed by atoms with Gasteiger partial charge in [-0.1, -0.05) is 44.9 Å². The molecule has 31 heavy (non-hydrogen) atoms. The molecular weight excluding hydrogens is 396 g/mol. The maximum atomic E-state index is 11.7. The molecule has 4 N–H and O–H groups in total. The van der Waals surface area contributed by atoms with Crippen LogP contribution in [0.3, 0.4) is 0 Å². The van der Waals surface area contributed by atoms with E-state index in [0.29, 0.717) is 11.5 Å². The predicted octanol–water partition coefficient (Wildman–Crippen LogP) is 2.05. The van der Waals surface area contributed by atoms with E-state index in [2.05, 4.69) is 27.7 Å². The predicted molar refractivity (Wildman–Crippen MR) is 113 cm³/mol. The van der Waals surface area contributed by atoms with Crippen molar-refractivity contribution in [2.45, 2.75) is 95.6 Å². The molecule has 6 heteroatoms. The van der Waals surface area contributed by atoms with Crippen molar-refractivity contribution in [2.75, 3.05) is 6.61 Å². The first-order valence-electron chi connectivity index (χ1n) is 12.0. The van der Waals surface area contributed by atoms with E-state index in [4.69, 9.17) is 9.47 Å². The fraction of sp³-hybridized carbons (Fsp3) is 0.840. The molecule has 2 saturated carbocycles. The Hall–Kier alpha value is -0.760. The van der Waals surface area contributed by atoms with Gasteiger partial charge in [-0.15, -0.1) is 0 Å². The monoisotopic (exact) mass is 432 g/mol. The summed E-state index contributed by atoms with van der Waals surface area (Å²) in [5.74, 6) is 0.146. The molecule has 2 bridgehead atoms. The molecular formula is C25H36O6. The van der Waals surface area contributed by atoms with Crippen molar-refractivity contribution < 1.29 is 29.9 Å². The lowest BCUT2D eigenvalue weighted by atomic mass is 9.51. The molecule has 4 aliphatic carbocycles. The SMILES string of the molecule is CC(C)C1=C2[C@H]3CC=C4C(O)[C@@]5(O)CO[C@H]6OC([C@@H]4[C@@]6(O)[C@H]5O)C3(C)CC[C@@]2(C)CC1. The fourth-order valence-corrected chi connectivity index (χ4v) is 8.38. The minimum absolute atomic E-state index is 0.193. The van der Waals surface area contributed by atoms with Crippen molar-refractivity contribution >= 4 is 0 Å². The van der Waals surface area contributed by atoms with Crippen LogP contribution in [0.5, 0.6) is 0 Å². The van der Waals surface area contributed by atoms with Crippen molar-refractivity contribution in [3.05, 3.63) is 22.8 Å². The average Bonchev–Trinajstić information content (AvgIpc) is 3.20. The smallest absolute Gasteiger partial charge is 0.190 e. The highest BCUT2D eigenvalue weighted by Gasteiger charge is 2.77. The van der Waals surface area contributed by atoms with E-state index in [9.17, 15) is 20.4 Å². The Kier molecular flexibility index (Phi) is 4.04. The molecule has 0 aromatic heterocycles. The Bertz CT molecular complexity index is 894. The molecule has 0 aromatic carbocycles. The van der Waals surface area contributed by atoms with Crippen LogP contribution in [-0.4, -0.2) is 62.8 Å². The van der Waals surface area contributed by atoms with Gasteiger partial charge in [-0.05, 0) is 54.9 Å². The van der Waals surface area contributed by atoms with E-state index in [0.717, 1.165) is 25.7 Å². The number of aliphatic hydroxyl groups is 4. The summed E-state index contributed by atoms with van der Waals surface area (Å²) < 4.78 is 12.2. The van der Waals surface area contributed by atoms with Crippen LogP contribution in [0.15, 0.2) is 22.8 Å². The number of hydrogen-bond acceptors (Lipinski definition) is 6. The van der Waals surface area contributed by atoms with Gasteiger partial charge in [0.1, 0.15) is 17.8 Å². The van der Waals surface area contributed by atoms with Gasteiger partial charge in [-0.25, -0.2) is 0 Å². The van der Waals surface area contributed by atoms with Gasteiger partial charge >= 0.3 is 0 Å². The molecule has 10 atom stereocenters. The van der Waals surface area contributed by atoms with Gasteiger partial charge in [-0.3, -0.25) is 0 Å². The average molecular weight is 433 g/mol. The van der Waals surface area contributed by atoms with Gasteiger partial charge < -0.3 is 29.9 Å². The second kappa shape index (κ2) is 6.02. The first-order chi connectivity index (χ1) is 14.5. The quantitative estimate of drug-likeness (QED) is 0.474. The Labute approximate surface area is 183 Å². The van der Waals surface area contributed by atoms with E-state index in [1.54, 1.807) is 11.1 Å². The highest BCUT2D eigenvalue weighted by molar-refractivity contribution is 5.42. The first kappa shape index (κ1) is 20.8. The molecule has 0 spiro atoms. The molecule has 6 aliphatic rings. The number of allylic oxidation sites excluding steroid dienone is 3. The van der Waals surface area contributed by atoms with Crippen molar-refractivity contribution in [3.63, 3.8) is 0 Å². The summed E-state index contributed by atoms with van der Waals surface area (Å²) in [6.07, 6.45) is 2.97. The van der Waals surface area contributed by atoms with Crippen LogP contribution in [0.2, 0.25) is 0 Å². The molecule has 2 heterocycles. The van der Waals surface area contributed by atoms with E-state index in [-0.39, 0.29) is 29.5 Å². The van der Waals surface area contributed by atoms with Crippen molar-refractivity contribution in [2.24, 2.45) is 28.6 Å². The Morgan fingerprint density at radius 3 is 2.55 bits per heavy atom. The van der Waals surface area contributed by atoms with Crippen LogP contribution in [-0.2, 0) is 9.47 Å². The lowest BCUT2D eigenvalue weighted by molar-refractivity contribution is -0.341. The summed E-state index contributed by atoms with van der Waals surface area (Å²) in [4.78, 5) is 0. The first-order valence-corrected chi connectivity index (χ1v) is 12.0. The van der Waals surface area contributed by atoms with Gasteiger partial charge in [0, 0.05) is 11.3 Å². The zero-order chi connectivity index (χ0) is 22.1. The zero-order valence-electron chi connectivity index (χ0n) is 19.0. The van der Waals surface area contributed by atoms with E-state index >= 15 is 0 Å². The Balaban J connectivity index is 1.55. The molecule has 0 amide bonds. The molecule has 2 saturated heterocycles. The van der Waals surface area contributed by atoms with Crippen molar-refractivity contribution in [1.29, 1.82) is 0 Å². The third-order valence-corrected chi connectivity index (χ3v) is 10.2. The van der Waals surface area contributed by atoms with Crippen LogP contribution < -0.4 is 0 Å². The molecule has 3 unspecified atom stereocenters. The van der Waals surface area contributed by atoms with Gasteiger partial charge in [0.15, 0.2) is 11.9 Å². The van der Waals surface area contributed by atoms with Gasteiger partial charge in [-0.2, -0.15) is 0 Å². The molecule has 0 radical (unpaired) electrons. The topological polar surface area (TPSA) is 99.4 Å². The largest absolute Gasteiger partial charge is 0.387 e. The second-order valence-electron chi connectivity index (χ2n) is 12.0. The van der Waals surface area contributed by atoms with Crippen LogP contribution in [0, 0.1) is 28.6 Å². The van der Waals surface area contributed by atoms with Crippen molar-refractivity contribution in [3.8, 4) is 0 Å². The van der Waals surface area contributed by atoms with Crippen LogP contribution in [0.25, 0.3) is 0 Å². The van der Waals surface area contributed by atoms with Crippen LogP contribution in [0.1, 0.15) is 59.8 Å². The number of rotatable bonds is 1. The molecule has 6 nitrogen and oxygen atoms in total. The van der Waals surface area contributed by atoms with Crippen molar-refractivity contribution in [1.82, 2.24) is 0 Å². The summed E-state index contributed by atoms with van der Waals surface area (Å²) >= 11 is 0. The standard InChI is InChI=1S/C25H36O6/c1-12(2)13-7-8-22(3)9-10-23(4)15(16(13)22)6-5-14-17-19(23)31-21-25(17,29)20(27)24(28,11-30-21)18(14)26/h5,12,15,17-21,26-29H,6-11H2,1-4H3/t15-,17-,18?,19?,20+,21+,22-,23?,24+,25-/m1/s1. The number of ether oxygens (including phenoxy) is 2. The maximum Gasteiger partial charge on any atom is 0.190 e. The van der Waals surface area contributed by atoms with Crippen LogP contribution >= 0.6 is 0 Å². The van der Waals surface area contributed by atoms with E-state index in [1.807, 2.05) is 6.08 Å². The molecule has 172 valence electrons.